The minimum atomic E-state index is -0.188. The fourth-order valence-electron chi connectivity index (χ4n) is 4.82. The van der Waals surface area contributed by atoms with Gasteiger partial charge < -0.3 is 10.2 Å². The number of aryl methyl sites for hydroxylation is 1. The molecule has 158 valence electrons. The molecule has 4 rings (SSSR count). The predicted octanol–water partition coefficient (Wildman–Crippen LogP) is 2.49. The third kappa shape index (κ3) is 3.97. The fourth-order valence-corrected chi connectivity index (χ4v) is 4.82. The summed E-state index contributed by atoms with van der Waals surface area (Å²) in [7, 11) is 0. The summed E-state index contributed by atoms with van der Waals surface area (Å²) in [6, 6.07) is 14.2. The number of rotatable bonds is 5. The quantitative estimate of drug-likeness (QED) is 0.829. The van der Waals surface area contributed by atoms with Crippen molar-refractivity contribution in [2.45, 2.75) is 33.4 Å². The molecule has 6 nitrogen and oxygen atoms in total. The first kappa shape index (κ1) is 20.5. The molecule has 2 aromatic rings. The SMILES string of the molecule is Cc1cccnc1C(=O)N1CC2(CN(Cc3ccccc3)CC2C(=O)NC(C)C)C1. The van der Waals surface area contributed by atoms with E-state index in [-0.39, 0.29) is 29.2 Å². The number of hydrogen-bond acceptors (Lipinski definition) is 4. The molecular formula is C24H30N4O2. The standard InChI is InChI=1S/C24H30N4O2/c1-17(2)26-22(29)20-13-27(12-19-9-5-4-6-10-19)14-24(20)15-28(16-24)23(30)21-18(3)8-7-11-25-21/h4-11,17,20H,12-16H2,1-3H3,(H,26,29). The van der Waals surface area contributed by atoms with Gasteiger partial charge in [-0.1, -0.05) is 36.4 Å². The second kappa shape index (κ2) is 8.19. The Morgan fingerprint density at radius 3 is 2.53 bits per heavy atom. The molecule has 30 heavy (non-hydrogen) atoms. The summed E-state index contributed by atoms with van der Waals surface area (Å²) in [5.74, 6) is -0.0533. The average Bonchev–Trinajstić information content (AvgIpc) is 3.06. The van der Waals surface area contributed by atoms with Crippen molar-refractivity contribution < 1.29 is 9.59 Å². The molecule has 0 aliphatic carbocycles. The summed E-state index contributed by atoms with van der Waals surface area (Å²) in [6.45, 7) is 9.45. The fraction of sp³-hybridized carbons (Fsp3) is 0.458. The number of nitrogens with zero attached hydrogens (tertiary/aromatic N) is 3. The van der Waals surface area contributed by atoms with Crippen LogP contribution in [0.15, 0.2) is 48.7 Å². The zero-order valence-electron chi connectivity index (χ0n) is 18.0. The molecule has 0 bridgehead atoms. The van der Waals surface area contributed by atoms with E-state index < -0.39 is 0 Å². The summed E-state index contributed by atoms with van der Waals surface area (Å²) < 4.78 is 0. The van der Waals surface area contributed by atoms with Gasteiger partial charge in [0.05, 0.1) is 5.92 Å². The molecule has 2 amide bonds. The number of benzene rings is 1. The Kier molecular flexibility index (Phi) is 5.60. The summed E-state index contributed by atoms with van der Waals surface area (Å²) in [5, 5.41) is 3.10. The lowest BCUT2D eigenvalue weighted by molar-refractivity contribution is -0.131. The minimum absolute atomic E-state index is 0.0387. The highest BCUT2D eigenvalue weighted by molar-refractivity contribution is 5.94. The van der Waals surface area contributed by atoms with Gasteiger partial charge in [0.2, 0.25) is 5.91 Å². The molecule has 3 heterocycles. The van der Waals surface area contributed by atoms with E-state index in [1.165, 1.54) is 5.56 Å². The topological polar surface area (TPSA) is 65.5 Å². The van der Waals surface area contributed by atoms with E-state index in [1.807, 2.05) is 56.0 Å². The van der Waals surface area contributed by atoms with Crippen LogP contribution in [0.4, 0.5) is 0 Å². The molecule has 2 saturated heterocycles. The lowest BCUT2D eigenvalue weighted by atomic mass is 9.71. The van der Waals surface area contributed by atoms with Crippen LogP contribution in [0.25, 0.3) is 0 Å². The Balaban J connectivity index is 1.50. The van der Waals surface area contributed by atoms with Gasteiger partial charge in [-0.05, 0) is 38.0 Å². The van der Waals surface area contributed by atoms with Crippen LogP contribution in [0.2, 0.25) is 0 Å². The lowest BCUT2D eigenvalue weighted by Crippen LogP contribution is -2.64. The molecule has 1 atom stereocenters. The average molecular weight is 407 g/mol. The van der Waals surface area contributed by atoms with Gasteiger partial charge in [0, 0.05) is 50.4 Å². The first-order chi connectivity index (χ1) is 14.4. The number of hydrogen-bond donors (Lipinski definition) is 1. The van der Waals surface area contributed by atoms with Crippen molar-refractivity contribution in [3.63, 3.8) is 0 Å². The van der Waals surface area contributed by atoms with Crippen LogP contribution in [-0.4, -0.2) is 58.8 Å². The Morgan fingerprint density at radius 1 is 1.13 bits per heavy atom. The molecule has 1 unspecified atom stereocenters. The van der Waals surface area contributed by atoms with Gasteiger partial charge in [0.15, 0.2) is 0 Å². The van der Waals surface area contributed by atoms with Crippen LogP contribution in [-0.2, 0) is 11.3 Å². The monoisotopic (exact) mass is 406 g/mol. The van der Waals surface area contributed by atoms with Crippen molar-refractivity contribution in [3.8, 4) is 0 Å². The summed E-state index contributed by atoms with van der Waals surface area (Å²) in [4.78, 5) is 34.5. The molecule has 6 heteroatoms. The van der Waals surface area contributed by atoms with Gasteiger partial charge in [-0.3, -0.25) is 19.5 Å². The van der Waals surface area contributed by atoms with Crippen molar-refractivity contribution in [2.24, 2.45) is 11.3 Å². The molecular weight excluding hydrogens is 376 g/mol. The third-order valence-corrected chi connectivity index (χ3v) is 6.23. The van der Waals surface area contributed by atoms with Crippen LogP contribution in [0, 0.1) is 18.3 Å². The summed E-state index contributed by atoms with van der Waals surface area (Å²) >= 11 is 0. The first-order valence-corrected chi connectivity index (χ1v) is 10.7. The van der Waals surface area contributed by atoms with Gasteiger partial charge >= 0.3 is 0 Å². The highest BCUT2D eigenvalue weighted by atomic mass is 16.2. The van der Waals surface area contributed by atoms with Crippen molar-refractivity contribution >= 4 is 11.8 Å². The predicted molar refractivity (Wildman–Crippen MR) is 116 cm³/mol. The largest absolute Gasteiger partial charge is 0.354 e. The van der Waals surface area contributed by atoms with Gasteiger partial charge in [-0.25, -0.2) is 0 Å². The van der Waals surface area contributed by atoms with Crippen LogP contribution < -0.4 is 5.32 Å². The highest BCUT2D eigenvalue weighted by Gasteiger charge is 2.57. The number of carbonyl (C=O) groups excluding carboxylic acids is 2. The summed E-state index contributed by atoms with van der Waals surface area (Å²) in [5.41, 5.74) is 2.45. The minimum Gasteiger partial charge on any atom is -0.354 e. The third-order valence-electron chi connectivity index (χ3n) is 6.23. The van der Waals surface area contributed by atoms with Gasteiger partial charge in [0.25, 0.3) is 5.91 Å². The van der Waals surface area contributed by atoms with Gasteiger partial charge in [-0.15, -0.1) is 0 Å². The van der Waals surface area contributed by atoms with Crippen molar-refractivity contribution in [3.05, 3.63) is 65.5 Å². The van der Waals surface area contributed by atoms with E-state index in [0.29, 0.717) is 18.8 Å². The second-order valence-electron chi connectivity index (χ2n) is 9.06. The number of carbonyl (C=O) groups is 2. The van der Waals surface area contributed by atoms with E-state index in [0.717, 1.165) is 25.2 Å². The summed E-state index contributed by atoms with van der Waals surface area (Å²) in [6.07, 6.45) is 1.66. The molecule has 2 aliphatic rings. The Bertz CT molecular complexity index is 922. The van der Waals surface area contributed by atoms with Crippen LogP contribution in [0.3, 0.4) is 0 Å². The van der Waals surface area contributed by atoms with Crippen LogP contribution in [0.1, 0.15) is 35.5 Å². The molecule has 2 fully saturated rings. The normalized spacial score (nSPS) is 20.4. The van der Waals surface area contributed by atoms with Crippen LogP contribution in [0.5, 0.6) is 0 Å². The maximum atomic E-state index is 13.0. The Labute approximate surface area is 178 Å². The van der Waals surface area contributed by atoms with Crippen LogP contribution >= 0.6 is 0 Å². The van der Waals surface area contributed by atoms with Crippen molar-refractivity contribution in [1.82, 2.24) is 20.1 Å². The number of nitrogens with one attached hydrogen (secondary N) is 1. The maximum Gasteiger partial charge on any atom is 0.272 e. The number of amides is 2. The molecule has 1 aromatic carbocycles. The van der Waals surface area contributed by atoms with E-state index in [1.54, 1.807) is 6.20 Å². The van der Waals surface area contributed by atoms with E-state index in [9.17, 15) is 9.59 Å². The lowest BCUT2D eigenvalue weighted by Gasteiger charge is -2.50. The number of pyridine rings is 1. The number of likely N-dealkylation sites (tertiary alicyclic amines) is 2. The zero-order valence-corrected chi connectivity index (χ0v) is 18.0. The molecule has 0 radical (unpaired) electrons. The van der Waals surface area contributed by atoms with Crippen molar-refractivity contribution in [2.75, 3.05) is 26.2 Å². The van der Waals surface area contributed by atoms with E-state index >= 15 is 0 Å². The van der Waals surface area contributed by atoms with E-state index in [2.05, 4.69) is 27.3 Å². The zero-order chi connectivity index (χ0) is 21.3. The molecule has 1 spiro atoms. The Morgan fingerprint density at radius 2 is 1.87 bits per heavy atom. The van der Waals surface area contributed by atoms with Gasteiger partial charge in [-0.2, -0.15) is 0 Å². The highest BCUT2D eigenvalue weighted by Crippen LogP contribution is 2.45. The van der Waals surface area contributed by atoms with Gasteiger partial charge in [0.1, 0.15) is 5.69 Å². The Hall–Kier alpha value is -2.73. The second-order valence-corrected chi connectivity index (χ2v) is 9.06. The van der Waals surface area contributed by atoms with E-state index in [4.69, 9.17) is 0 Å². The molecule has 0 saturated carbocycles. The first-order valence-electron chi connectivity index (χ1n) is 10.7. The maximum absolute atomic E-state index is 13.0. The molecule has 2 aliphatic heterocycles. The smallest absolute Gasteiger partial charge is 0.272 e. The molecule has 1 N–H and O–H groups in total. The number of aromatic nitrogens is 1. The molecule has 1 aromatic heterocycles. The van der Waals surface area contributed by atoms with Crippen molar-refractivity contribution in [1.29, 1.82) is 0 Å².